The number of hydrogen-bond donors (Lipinski definition) is 0. The fourth-order valence-corrected chi connectivity index (χ4v) is 1.89. The normalized spacial score (nSPS) is 22.6. The van der Waals surface area contributed by atoms with E-state index in [9.17, 15) is 13.6 Å². The maximum atomic E-state index is 13.0. The number of esters is 1. The molecule has 0 unspecified atom stereocenters. The van der Waals surface area contributed by atoms with Gasteiger partial charge in [-0.2, -0.15) is 0 Å². The van der Waals surface area contributed by atoms with Gasteiger partial charge in [-0.05, 0) is 43.9 Å². The molecule has 17 heavy (non-hydrogen) atoms. The van der Waals surface area contributed by atoms with E-state index in [0.717, 1.165) is 12.1 Å². The van der Waals surface area contributed by atoms with Gasteiger partial charge in [0, 0.05) is 0 Å². The Kier molecular flexibility index (Phi) is 3.13. The standard InChI is InChI=1S/C13H14F2O2/c1-7(2)17-13(16)10-6-9(10)8-3-4-11(14)12(15)5-8/h3-5,7,9-10H,6H2,1-2H3/t9-,10+/m0/s1. The molecule has 1 saturated carbocycles. The van der Waals surface area contributed by atoms with Gasteiger partial charge in [0.2, 0.25) is 0 Å². The number of carbonyl (C=O) groups is 1. The van der Waals surface area contributed by atoms with Crippen molar-refractivity contribution >= 4 is 5.97 Å². The second kappa shape index (κ2) is 4.43. The van der Waals surface area contributed by atoms with Crippen LogP contribution in [0.15, 0.2) is 18.2 Å². The van der Waals surface area contributed by atoms with E-state index in [1.807, 2.05) is 0 Å². The highest BCUT2D eigenvalue weighted by molar-refractivity contribution is 5.77. The summed E-state index contributed by atoms with van der Waals surface area (Å²) >= 11 is 0. The number of benzene rings is 1. The summed E-state index contributed by atoms with van der Waals surface area (Å²) in [5.41, 5.74) is 0.662. The summed E-state index contributed by atoms with van der Waals surface area (Å²) in [5, 5.41) is 0. The largest absolute Gasteiger partial charge is 0.463 e. The molecule has 92 valence electrons. The Morgan fingerprint density at radius 3 is 2.65 bits per heavy atom. The third-order valence-electron chi connectivity index (χ3n) is 2.82. The Hall–Kier alpha value is -1.45. The predicted octanol–water partition coefficient (Wildman–Crippen LogP) is 3.02. The average molecular weight is 240 g/mol. The summed E-state index contributed by atoms with van der Waals surface area (Å²) in [5.74, 6) is -2.23. The van der Waals surface area contributed by atoms with Crippen molar-refractivity contribution in [2.45, 2.75) is 32.3 Å². The summed E-state index contributed by atoms with van der Waals surface area (Å²) in [6.07, 6.45) is 0.505. The summed E-state index contributed by atoms with van der Waals surface area (Å²) < 4.78 is 30.8. The van der Waals surface area contributed by atoms with Crippen LogP contribution in [-0.2, 0) is 9.53 Å². The molecule has 0 bridgehead atoms. The highest BCUT2D eigenvalue weighted by atomic mass is 19.2. The Bertz CT molecular complexity index is 443. The quantitative estimate of drug-likeness (QED) is 0.759. The lowest BCUT2D eigenvalue weighted by Gasteiger charge is -2.07. The summed E-state index contributed by atoms with van der Waals surface area (Å²) in [7, 11) is 0. The minimum absolute atomic E-state index is 0.0312. The van der Waals surface area contributed by atoms with Crippen LogP contribution in [0.1, 0.15) is 31.7 Å². The Balaban J connectivity index is 2.02. The first-order valence-electron chi connectivity index (χ1n) is 5.64. The molecule has 1 aromatic carbocycles. The van der Waals surface area contributed by atoms with E-state index in [-0.39, 0.29) is 23.9 Å². The van der Waals surface area contributed by atoms with Crippen molar-refractivity contribution in [1.82, 2.24) is 0 Å². The van der Waals surface area contributed by atoms with Gasteiger partial charge >= 0.3 is 5.97 Å². The zero-order valence-electron chi connectivity index (χ0n) is 9.74. The van der Waals surface area contributed by atoms with Crippen LogP contribution in [-0.4, -0.2) is 12.1 Å². The molecule has 0 aromatic heterocycles. The lowest BCUT2D eigenvalue weighted by atomic mass is 10.1. The highest BCUT2D eigenvalue weighted by Crippen LogP contribution is 2.48. The molecule has 0 N–H and O–H groups in total. The lowest BCUT2D eigenvalue weighted by molar-refractivity contribution is -0.149. The van der Waals surface area contributed by atoms with Crippen LogP contribution in [0, 0.1) is 17.6 Å². The third-order valence-corrected chi connectivity index (χ3v) is 2.82. The van der Waals surface area contributed by atoms with Gasteiger partial charge in [-0.15, -0.1) is 0 Å². The first-order valence-corrected chi connectivity index (χ1v) is 5.64. The van der Waals surface area contributed by atoms with E-state index in [1.54, 1.807) is 13.8 Å². The average Bonchev–Trinajstić information content (AvgIpc) is 3.01. The van der Waals surface area contributed by atoms with E-state index >= 15 is 0 Å². The third kappa shape index (κ3) is 2.62. The number of rotatable bonds is 3. The minimum Gasteiger partial charge on any atom is -0.463 e. The Morgan fingerprint density at radius 2 is 2.06 bits per heavy atom. The summed E-state index contributed by atoms with van der Waals surface area (Å²) in [6, 6.07) is 3.77. The van der Waals surface area contributed by atoms with Gasteiger partial charge in [0.1, 0.15) is 0 Å². The molecule has 0 heterocycles. The molecular weight excluding hydrogens is 226 g/mol. The topological polar surface area (TPSA) is 26.3 Å². The molecule has 2 atom stereocenters. The molecule has 1 aliphatic carbocycles. The molecule has 1 fully saturated rings. The van der Waals surface area contributed by atoms with Crippen molar-refractivity contribution in [1.29, 1.82) is 0 Å². The van der Waals surface area contributed by atoms with Gasteiger partial charge in [0.25, 0.3) is 0 Å². The molecule has 0 radical (unpaired) electrons. The van der Waals surface area contributed by atoms with Gasteiger partial charge in [-0.1, -0.05) is 6.07 Å². The minimum atomic E-state index is -0.870. The number of ether oxygens (including phenoxy) is 1. The van der Waals surface area contributed by atoms with Crippen LogP contribution in [0.3, 0.4) is 0 Å². The Morgan fingerprint density at radius 1 is 1.35 bits per heavy atom. The van der Waals surface area contributed by atoms with Gasteiger partial charge in [0.15, 0.2) is 11.6 Å². The monoisotopic (exact) mass is 240 g/mol. The van der Waals surface area contributed by atoms with E-state index < -0.39 is 11.6 Å². The SMILES string of the molecule is CC(C)OC(=O)[C@@H]1C[C@H]1c1ccc(F)c(F)c1. The predicted molar refractivity (Wildman–Crippen MR) is 58.4 cm³/mol. The second-order valence-corrected chi connectivity index (χ2v) is 4.61. The smallest absolute Gasteiger partial charge is 0.309 e. The molecule has 0 saturated heterocycles. The van der Waals surface area contributed by atoms with Gasteiger partial charge < -0.3 is 4.74 Å². The number of carbonyl (C=O) groups excluding carboxylic acids is 1. The maximum Gasteiger partial charge on any atom is 0.309 e. The summed E-state index contributed by atoms with van der Waals surface area (Å²) in [4.78, 5) is 11.6. The van der Waals surface area contributed by atoms with Crippen LogP contribution in [0.5, 0.6) is 0 Å². The molecule has 4 heteroatoms. The van der Waals surface area contributed by atoms with Crippen molar-refractivity contribution in [2.75, 3.05) is 0 Å². The van der Waals surface area contributed by atoms with Gasteiger partial charge in [-0.25, -0.2) is 8.78 Å². The fraction of sp³-hybridized carbons (Fsp3) is 0.462. The maximum absolute atomic E-state index is 13.0. The number of hydrogen-bond acceptors (Lipinski definition) is 2. The Labute approximate surface area is 98.6 Å². The van der Waals surface area contributed by atoms with E-state index in [4.69, 9.17) is 4.74 Å². The van der Waals surface area contributed by atoms with Crippen molar-refractivity contribution < 1.29 is 18.3 Å². The molecule has 0 amide bonds. The summed E-state index contributed by atoms with van der Waals surface area (Å²) in [6.45, 7) is 3.57. The van der Waals surface area contributed by atoms with E-state index in [1.165, 1.54) is 6.07 Å². The first kappa shape index (κ1) is 12.0. The van der Waals surface area contributed by atoms with Gasteiger partial charge in [-0.3, -0.25) is 4.79 Å². The fourth-order valence-electron chi connectivity index (χ4n) is 1.89. The van der Waals surface area contributed by atoms with E-state index in [2.05, 4.69) is 0 Å². The van der Waals surface area contributed by atoms with Crippen LogP contribution < -0.4 is 0 Å². The van der Waals surface area contributed by atoms with Crippen LogP contribution in [0.25, 0.3) is 0 Å². The molecule has 2 rings (SSSR count). The van der Waals surface area contributed by atoms with Crippen LogP contribution in [0.2, 0.25) is 0 Å². The first-order chi connectivity index (χ1) is 7.99. The zero-order valence-corrected chi connectivity index (χ0v) is 9.74. The molecule has 0 spiro atoms. The highest BCUT2D eigenvalue weighted by Gasteiger charge is 2.45. The number of halogens is 2. The molecule has 2 nitrogen and oxygen atoms in total. The molecule has 1 aromatic rings. The van der Waals surface area contributed by atoms with Crippen molar-refractivity contribution in [3.05, 3.63) is 35.4 Å². The second-order valence-electron chi connectivity index (χ2n) is 4.61. The lowest BCUT2D eigenvalue weighted by Crippen LogP contribution is -2.13. The van der Waals surface area contributed by atoms with Crippen molar-refractivity contribution in [2.24, 2.45) is 5.92 Å². The van der Waals surface area contributed by atoms with Crippen LogP contribution in [0.4, 0.5) is 8.78 Å². The van der Waals surface area contributed by atoms with E-state index in [0.29, 0.717) is 12.0 Å². The zero-order chi connectivity index (χ0) is 12.6. The molecule has 1 aliphatic rings. The molecule has 0 aliphatic heterocycles. The van der Waals surface area contributed by atoms with Gasteiger partial charge in [0.05, 0.1) is 12.0 Å². The molecular formula is C13H14F2O2. The van der Waals surface area contributed by atoms with Crippen molar-refractivity contribution in [3.8, 4) is 0 Å². The van der Waals surface area contributed by atoms with Crippen molar-refractivity contribution in [3.63, 3.8) is 0 Å². The van der Waals surface area contributed by atoms with Crippen LogP contribution >= 0.6 is 0 Å².